The van der Waals surface area contributed by atoms with Gasteiger partial charge in [-0.1, -0.05) is 6.92 Å². The molecule has 2 heterocycles. The molecule has 0 atom stereocenters. The van der Waals surface area contributed by atoms with E-state index in [1.165, 1.54) is 0 Å². The number of nitrogens with one attached hydrogen (secondary N) is 1. The molecular formula is C19H23N5O2. The summed E-state index contributed by atoms with van der Waals surface area (Å²) in [5, 5.41) is 7.36. The van der Waals surface area contributed by atoms with Crippen molar-refractivity contribution in [2.75, 3.05) is 11.9 Å². The predicted octanol–water partition coefficient (Wildman–Crippen LogP) is 2.88. The molecule has 1 aromatic carbocycles. The van der Waals surface area contributed by atoms with Gasteiger partial charge in [0.1, 0.15) is 5.75 Å². The van der Waals surface area contributed by atoms with Crippen LogP contribution < -0.4 is 10.1 Å². The van der Waals surface area contributed by atoms with Crippen LogP contribution in [0.3, 0.4) is 0 Å². The summed E-state index contributed by atoms with van der Waals surface area (Å²) in [5.74, 6) is 2.01. The summed E-state index contributed by atoms with van der Waals surface area (Å²) in [6.45, 7) is 8.38. The third-order valence-electron chi connectivity index (χ3n) is 4.20. The van der Waals surface area contributed by atoms with E-state index in [1.807, 2.05) is 52.0 Å². The van der Waals surface area contributed by atoms with Gasteiger partial charge in [0.05, 0.1) is 13.0 Å². The number of rotatable bonds is 6. The van der Waals surface area contributed by atoms with E-state index in [2.05, 4.69) is 20.4 Å². The van der Waals surface area contributed by atoms with E-state index < -0.39 is 0 Å². The van der Waals surface area contributed by atoms with Crippen molar-refractivity contribution in [3.63, 3.8) is 0 Å². The van der Waals surface area contributed by atoms with Gasteiger partial charge in [-0.3, -0.25) is 4.79 Å². The Kier molecular flexibility index (Phi) is 5.16. The first kappa shape index (κ1) is 17.8. The molecule has 0 radical (unpaired) electrons. The van der Waals surface area contributed by atoms with E-state index in [0.717, 1.165) is 40.6 Å². The molecule has 0 bridgehead atoms. The van der Waals surface area contributed by atoms with E-state index in [4.69, 9.17) is 4.74 Å². The van der Waals surface area contributed by atoms with Crippen molar-refractivity contribution >= 4 is 17.4 Å². The molecule has 0 aliphatic carbocycles. The summed E-state index contributed by atoms with van der Waals surface area (Å²) in [7, 11) is 0. The zero-order chi connectivity index (χ0) is 18.7. The Balaban J connectivity index is 1.78. The van der Waals surface area contributed by atoms with Crippen LogP contribution >= 0.6 is 0 Å². The molecule has 0 aliphatic heterocycles. The van der Waals surface area contributed by atoms with Crippen molar-refractivity contribution < 1.29 is 9.53 Å². The maximum absolute atomic E-state index is 12.5. The van der Waals surface area contributed by atoms with Crippen LogP contribution in [0.1, 0.15) is 36.6 Å². The Morgan fingerprint density at radius 2 is 1.88 bits per heavy atom. The summed E-state index contributed by atoms with van der Waals surface area (Å²) < 4.78 is 7.12. The maximum atomic E-state index is 12.5. The molecular weight excluding hydrogens is 330 g/mol. The number of aromatic nitrogens is 4. The highest BCUT2D eigenvalue weighted by atomic mass is 16.5. The fraction of sp³-hybridized carbons (Fsp3) is 0.368. The lowest BCUT2D eigenvalue weighted by Gasteiger charge is -2.11. The number of benzene rings is 1. The minimum Gasteiger partial charge on any atom is -0.494 e. The van der Waals surface area contributed by atoms with Crippen LogP contribution in [-0.4, -0.2) is 32.1 Å². The SMILES string of the molecule is CCOc1ccc(NC(=O)Cc2c(C)nc3nc(CC)nn3c2C)cc1. The number of anilines is 1. The molecule has 0 aliphatic rings. The number of carbonyl (C=O) groups excluding carboxylic acids is 1. The van der Waals surface area contributed by atoms with Gasteiger partial charge in [-0.2, -0.15) is 4.98 Å². The van der Waals surface area contributed by atoms with Gasteiger partial charge in [0, 0.05) is 29.1 Å². The lowest BCUT2D eigenvalue weighted by Crippen LogP contribution is -2.17. The number of hydrogen-bond acceptors (Lipinski definition) is 5. The van der Waals surface area contributed by atoms with Crippen LogP contribution in [-0.2, 0) is 17.6 Å². The number of nitrogens with zero attached hydrogens (tertiary/aromatic N) is 4. The number of fused-ring (bicyclic) bond motifs is 1. The number of ether oxygens (including phenoxy) is 1. The van der Waals surface area contributed by atoms with E-state index in [0.29, 0.717) is 12.4 Å². The van der Waals surface area contributed by atoms with Gasteiger partial charge in [-0.15, -0.1) is 5.10 Å². The Hall–Kier alpha value is -2.96. The van der Waals surface area contributed by atoms with Crippen LogP contribution in [0, 0.1) is 13.8 Å². The van der Waals surface area contributed by atoms with E-state index in [1.54, 1.807) is 4.52 Å². The maximum Gasteiger partial charge on any atom is 0.252 e. The van der Waals surface area contributed by atoms with Crippen molar-refractivity contribution in [2.24, 2.45) is 0 Å². The Bertz CT molecular complexity index is 931. The smallest absolute Gasteiger partial charge is 0.252 e. The molecule has 0 unspecified atom stereocenters. The number of aryl methyl sites for hydroxylation is 3. The zero-order valence-corrected chi connectivity index (χ0v) is 15.5. The fourth-order valence-corrected chi connectivity index (χ4v) is 2.82. The minimum absolute atomic E-state index is 0.0997. The van der Waals surface area contributed by atoms with Crippen LogP contribution in [0.5, 0.6) is 5.75 Å². The van der Waals surface area contributed by atoms with E-state index >= 15 is 0 Å². The van der Waals surface area contributed by atoms with Crippen molar-refractivity contribution in [1.29, 1.82) is 0 Å². The van der Waals surface area contributed by atoms with Gasteiger partial charge in [-0.05, 0) is 45.0 Å². The highest BCUT2D eigenvalue weighted by Crippen LogP contribution is 2.18. The van der Waals surface area contributed by atoms with Crippen molar-refractivity contribution in [3.05, 3.63) is 47.0 Å². The van der Waals surface area contributed by atoms with Crippen LogP contribution in [0.25, 0.3) is 5.78 Å². The molecule has 2 aromatic heterocycles. The topological polar surface area (TPSA) is 81.4 Å². The molecule has 136 valence electrons. The molecule has 7 nitrogen and oxygen atoms in total. The van der Waals surface area contributed by atoms with E-state index in [-0.39, 0.29) is 12.3 Å². The van der Waals surface area contributed by atoms with Gasteiger partial charge in [0.2, 0.25) is 5.91 Å². The summed E-state index contributed by atoms with van der Waals surface area (Å²) >= 11 is 0. The summed E-state index contributed by atoms with van der Waals surface area (Å²) in [6.07, 6.45) is 0.977. The van der Waals surface area contributed by atoms with E-state index in [9.17, 15) is 4.79 Å². The lowest BCUT2D eigenvalue weighted by molar-refractivity contribution is -0.115. The van der Waals surface area contributed by atoms with Gasteiger partial charge < -0.3 is 10.1 Å². The monoisotopic (exact) mass is 353 g/mol. The quantitative estimate of drug-likeness (QED) is 0.737. The first-order chi connectivity index (χ1) is 12.5. The molecule has 3 aromatic rings. The molecule has 3 rings (SSSR count). The van der Waals surface area contributed by atoms with Crippen LogP contribution in [0.2, 0.25) is 0 Å². The van der Waals surface area contributed by atoms with Gasteiger partial charge in [0.15, 0.2) is 5.82 Å². The van der Waals surface area contributed by atoms with Gasteiger partial charge >= 0.3 is 0 Å². The minimum atomic E-state index is -0.0997. The molecule has 0 saturated carbocycles. The normalized spacial score (nSPS) is 10.9. The third-order valence-corrected chi connectivity index (χ3v) is 4.20. The molecule has 0 spiro atoms. The summed E-state index contributed by atoms with van der Waals surface area (Å²) in [5.41, 5.74) is 3.29. The highest BCUT2D eigenvalue weighted by Gasteiger charge is 2.15. The first-order valence-electron chi connectivity index (χ1n) is 8.76. The molecule has 26 heavy (non-hydrogen) atoms. The van der Waals surface area contributed by atoms with Crippen molar-refractivity contribution in [1.82, 2.24) is 19.6 Å². The lowest BCUT2D eigenvalue weighted by atomic mass is 10.1. The molecule has 1 N–H and O–H groups in total. The van der Waals surface area contributed by atoms with Gasteiger partial charge in [-0.25, -0.2) is 9.50 Å². The van der Waals surface area contributed by atoms with Crippen LogP contribution in [0.15, 0.2) is 24.3 Å². The molecule has 0 saturated heterocycles. The van der Waals surface area contributed by atoms with Crippen molar-refractivity contribution in [3.8, 4) is 5.75 Å². The molecule has 1 amide bonds. The predicted molar refractivity (Wildman–Crippen MR) is 99.6 cm³/mol. The fourth-order valence-electron chi connectivity index (χ4n) is 2.82. The second-order valence-electron chi connectivity index (χ2n) is 6.04. The molecule has 0 fully saturated rings. The average Bonchev–Trinajstić information content (AvgIpc) is 3.04. The first-order valence-corrected chi connectivity index (χ1v) is 8.76. The second-order valence-corrected chi connectivity index (χ2v) is 6.04. The van der Waals surface area contributed by atoms with Gasteiger partial charge in [0.25, 0.3) is 5.78 Å². The number of carbonyl (C=O) groups is 1. The average molecular weight is 353 g/mol. The third kappa shape index (κ3) is 3.66. The van der Waals surface area contributed by atoms with Crippen LogP contribution in [0.4, 0.5) is 5.69 Å². The highest BCUT2D eigenvalue weighted by molar-refractivity contribution is 5.92. The second kappa shape index (κ2) is 7.51. The summed E-state index contributed by atoms with van der Waals surface area (Å²) in [6, 6.07) is 7.33. The van der Waals surface area contributed by atoms with Crippen molar-refractivity contribution in [2.45, 2.75) is 40.5 Å². The zero-order valence-electron chi connectivity index (χ0n) is 15.5. The largest absolute Gasteiger partial charge is 0.494 e. The standard InChI is InChI=1S/C19H23N5O2/c1-5-17-22-19-20-12(3)16(13(4)24(19)23-17)11-18(25)21-14-7-9-15(10-8-14)26-6-2/h7-10H,5-6,11H2,1-4H3,(H,21,25). The Morgan fingerprint density at radius 3 is 2.54 bits per heavy atom. The molecule has 7 heteroatoms. The Morgan fingerprint density at radius 1 is 1.15 bits per heavy atom. The summed E-state index contributed by atoms with van der Waals surface area (Å²) in [4.78, 5) is 21.4. The number of amides is 1. The Labute approximate surface area is 152 Å². The number of hydrogen-bond donors (Lipinski definition) is 1.